The van der Waals surface area contributed by atoms with Crippen LogP contribution in [0, 0.1) is 5.92 Å². The first kappa shape index (κ1) is 15.3. The molecule has 1 saturated heterocycles. The molecule has 0 aromatic heterocycles. The molecular weight excluding hydrogens is 250 g/mol. The van der Waals surface area contributed by atoms with Gasteiger partial charge in [-0.05, 0) is 19.9 Å². The minimum atomic E-state index is 0.0551. The number of carbonyl (C=O) groups excluding carboxylic acids is 1. The number of nitrogens with zero attached hydrogens (tertiary/aromatic N) is 1. The number of nitrogens with one attached hydrogen (secondary N) is 1. The van der Waals surface area contributed by atoms with Crippen LogP contribution in [0.1, 0.15) is 19.8 Å². The number of rotatable bonds is 6. The van der Waals surface area contributed by atoms with Crippen LogP contribution >= 0.6 is 12.2 Å². The van der Waals surface area contributed by atoms with Crippen LogP contribution in [0.3, 0.4) is 0 Å². The second kappa shape index (κ2) is 7.66. The molecule has 1 amide bonds. The molecule has 1 rings (SSSR count). The van der Waals surface area contributed by atoms with Crippen LogP contribution in [-0.4, -0.2) is 55.2 Å². The smallest absolute Gasteiger partial charge is 0.234 e. The highest BCUT2D eigenvalue weighted by Crippen LogP contribution is 2.06. The van der Waals surface area contributed by atoms with E-state index in [-0.39, 0.29) is 17.9 Å². The van der Waals surface area contributed by atoms with Crippen LogP contribution in [0.25, 0.3) is 0 Å². The van der Waals surface area contributed by atoms with Crippen molar-refractivity contribution in [3.63, 3.8) is 0 Å². The first-order valence-electron chi connectivity index (χ1n) is 6.34. The number of ether oxygens (including phenoxy) is 1. The average molecular weight is 273 g/mol. The SMILES string of the molecule is CC(CN(C)CC(=O)NC1CCOCC1)C(N)=S. The summed E-state index contributed by atoms with van der Waals surface area (Å²) in [6.07, 6.45) is 1.80. The molecule has 5 nitrogen and oxygen atoms in total. The van der Waals surface area contributed by atoms with E-state index in [9.17, 15) is 4.79 Å². The maximum absolute atomic E-state index is 11.8. The number of thiocarbonyl (C=S) groups is 1. The van der Waals surface area contributed by atoms with E-state index in [1.165, 1.54) is 0 Å². The van der Waals surface area contributed by atoms with Crippen molar-refractivity contribution in [1.29, 1.82) is 0 Å². The highest BCUT2D eigenvalue weighted by molar-refractivity contribution is 7.80. The zero-order valence-electron chi connectivity index (χ0n) is 11.1. The van der Waals surface area contributed by atoms with Crippen LogP contribution in [0.5, 0.6) is 0 Å². The Morgan fingerprint density at radius 2 is 2.17 bits per heavy atom. The Bertz CT molecular complexity index is 293. The topological polar surface area (TPSA) is 67.6 Å². The molecule has 0 saturated carbocycles. The molecule has 18 heavy (non-hydrogen) atoms. The van der Waals surface area contributed by atoms with Crippen molar-refractivity contribution in [3.05, 3.63) is 0 Å². The lowest BCUT2D eigenvalue weighted by atomic mass is 10.1. The predicted molar refractivity (Wildman–Crippen MR) is 75.4 cm³/mol. The summed E-state index contributed by atoms with van der Waals surface area (Å²) >= 11 is 4.92. The fourth-order valence-electron chi connectivity index (χ4n) is 1.98. The van der Waals surface area contributed by atoms with Crippen LogP contribution in [0.2, 0.25) is 0 Å². The van der Waals surface area contributed by atoms with Gasteiger partial charge in [-0.25, -0.2) is 0 Å². The summed E-state index contributed by atoms with van der Waals surface area (Å²) in [6, 6.07) is 0.257. The Morgan fingerprint density at radius 1 is 1.56 bits per heavy atom. The van der Waals surface area contributed by atoms with Gasteiger partial charge in [-0.2, -0.15) is 0 Å². The van der Waals surface area contributed by atoms with E-state index < -0.39 is 0 Å². The standard InChI is InChI=1S/C12H23N3O2S/c1-9(12(13)18)7-15(2)8-11(16)14-10-3-5-17-6-4-10/h9-10H,3-8H2,1-2H3,(H2,13,18)(H,14,16). The molecule has 1 atom stereocenters. The number of likely N-dealkylation sites (N-methyl/N-ethyl adjacent to an activating group) is 1. The molecule has 1 aliphatic heterocycles. The van der Waals surface area contributed by atoms with Crippen molar-refractivity contribution < 1.29 is 9.53 Å². The third-order valence-corrected chi connectivity index (χ3v) is 3.47. The highest BCUT2D eigenvalue weighted by atomic mass is 32.1. The monoisotopic (exact) mass is 273 g/mol. The van der Waals surface area contributed by atoms with Crippen molar-refractivity contribution >= 4 is 23.1 Å². The molecular formula is C12H23N3O2S. The van der Waals surface area contributed by atoms with Crippen molar-refractivity contribution in [2.45, 2.75) is 25.8 Å². The maximum atomic E-state index is 11.8. The van der Waals surface area contributed by atoms with E-state index in [2.05, 4.69) is 5.32 Å². The number of nitrogens with two attached hydrogens (primary N) is 1. The maximum Gasteiger partial charge on any atom is 0.234 e. The van der Waals surface area contributed by atoms with E-state index in [0.717, 1.165) is 26.1 Å². The third-order valence-electron chi connectivity index (χ3n) is 3.07. The van der Waals surface area contributed by atoms with Crippen LogP contribution in [0.15, 0.2) is 0 Å². The summed E-state index contributed by atoms with van der Waals surface area (Å²) in [6.45, 7) is 4.52. The minimum absolute atomic E-state index is 0.0551. The molecule has 104 valence electrons. The number of hydrogen-bond donors (Lipinski definition) is 2. The Balaban J connectivity index is 2.24. The molecule has 0 aromatic carbocycles. The van der Waals surface area contributed by atoms with Gasteiger partial charge in [0.1, 0.15) is 0 Å². The molecule has 6 heteroatoms. The molecule has 1 fully saturated rings. The van der Waals surface area contributed by atoms with Gasteiger partial charge in [0.15, 0.2) is 0 Å². The zero-order chi connectivity index (χ0) is 13.5. The van der Waals surface area contributed by atoms with E-state index in [0.29, 0.717) is 18.1 Å². The Hall–Kier alpha value is -0.720. The van der Waals surface area contributed by atoms with E-state index in [1.54, 1.807) is 0 Å². The Kier molecular flexibility index (Phi) is 6.52. The van der Waals surface area contributed by atoms with Crippen LogP contribution < -0.4 is 11.1 Å². The van der Waals surface area contributed by atoms with Crippen LogP contribution in [0.4, 0.5) is 0 Å². The molecule has 0 aromatic rings. The summed E-state index contributed by atoms with van der Waals surface area (Å²) < 4.78 is 5.25. The Morgan fingerprint density at radius 3 is 2.72 bits per heavy atom. The van der Waals surface area contributed by atoms with Gasteiger partial charge in [-0.1, -0.05) is 19.1 Å². The lowest BCUT2D eigenvalue weighted by Gasteiger charge is -2.25. The molecule has 0 spiro atoms. The lowest BCUT2D eigenvalue weighted by Crippen LogP contribution is -2.44. The van der Waals surface area contributed by atoms with Gasteiger partial charge in [0.2, 0.25) is 5.91 Å². The number of hydrogen-bond acceptors (Lipinski definition) is 4. The fraction of sp³-hybridized carbons (Fsp3) is 0.833. The molecule has 3 N–H and O–H groups in total. The second-order valence-electron chi connectivity index (χ2n) is 4.95. The summed E-state index contributed by atoms with van der Waals surface area (Å²) in [5.74, 6) is 0.181. The quantitative estimate of drug-likeness (QED) is 0.674. The molecule has 1 unspecified atom stereocenters. The van der Waals surface area contributed by atoms with Gasteiger partial charge < -0.3 is 15.8 Å². The summed E-state index contributed by atoms with van der Waals surface area (Å²) in [5, 5.41) is 3.03. The highest BCUT2D eigenvalue weighted by Gasteiger charge is 2.17. The Labute approximate surface area is 114 Å². The zero-order valence-corrected chi connectivity index (χ0v) is 12.0. The second-order valence-corrected chi connectivity index (χ2v) is 5.43. The van der Waals surface area contributed by atoms with Gasteiger partial charge in [-0.3, -0.25) is 9.69 Å². The van der Waals surface area contributed by atoms with Crippen molar-refractivity contribution in [1.82, 2.24) is 10.2 Å². The molecule has 0 aliphatic carbocycles. The average Bonchev–Trinajstić information content (AvgIpc) is 2.29. The van der Waals surface area contributed by atoms with Gasteiger partial charge in [0.05, 0.1) is 11.5 Å². The number of carbonyl (C=O) groups is 1. The summed E-state index contributed by atoms with van der Waals surface area (Å²) in [4.78, 5) is 14.3. The predicted octanol–water partition coefficient (Wildman–Crippen LogP) is 0.136. The normalized spacial score (nSPS) is 18.6. The van der Waals surface area contributed by atoms with E-state index >= 15 is 0 Å². The first-order chi connectivity index (χ1) is 8.49. The molecule has 0 bridgehead atoms. The van der Waals surface area contributed by atoms with E-state index in [4.69, 9.17) is 22.7 Å². The van der Waals surface area contributed by atoms with E-state index in [1.807, 2.05) is 18.9 Å². The van der Waals surface area contributed by atoms with Crippen molar-refractivity contribution in [2.75, 3.05) is 33.4 Å². The lowest BCUT2D eigenvalue weighted by molar-refractivity contribution is -0.123. The summed E-state index contributed by atoms with van der Waals surface area (Å²) in [7, 11) is 1.90. The molecule has 1 aliphatic rings. The largest absolute Gasteiger partial charge is 0.393 e. The van der Waals surface area contributed by atoms with Gasteiger partial charge in [0, 0.05) is 31.7 Å². The number of amides is 1. The van der Waals surface area contributed by atoms with Gasteiger partial charge >= 0.3 is 0 Å². The van der Waals surface area contributed by atoms with Crippen molar-refractivity contribution in [2.24, 2.45) is 11.7 Å². The third kappa shape index (κ3) is 5.75. The fourth-order valence-corrected chi connectivity index (χ4v) is 2.06. The van der Waals surface area contributed by atoms with Gasteiger partial charge in [-0.15, -0.1) is 0 Å². The van der Waals surface area contributed by atoms with Crippen LogP contribution in [-0.2, 0) is 9.53 Å². The molecule has 1 heterocycles. The summed E-state index contributed by atoms with van der Waals surface area (Å²) in [5.41, 5.74) is 5.55. The molecule has 0 radical (unpaired) electrons. The minimum Gasteiger partial charge on any atom is -0.393 e. The van der Waals surface area contributed by atoms with Gasteiger partial charge in [0.25, 0.3) is 0 Å². The van der Waals surface area contributed by atoms with Crippen molar-refractivity contribution in [3.8, 4) is 0 Å². The first-order valence-corrected chi connectivity index (χ1v) is 6.75.